The summed E-state index contributed by atoms with van der Waals surface area (Å²) in [6, 6.07) is 15.5. The second-order valence-electron chi connectivity index (χ2n) is 8.66. The van der Waals surface area contributed by atoms with Gasteiger partial charge in [0, 0.05) is 39.2 Å². The molecule has 1 heterocycles. The molecule has 0 unspecified atom stereocenters. The second kappa shape index (κ2) is 8.03. The highest BCUT2D eigenvalue weighted by Gasteiger charge is 2.29. The number of benzene rings is 2. The van der Waals surface area contributed by atoms with Gasteiger partial charge >= 0.3 is 0 Å². The van der Waals surface area contributed by atoms with Crippen LogP contribution in [-0.4, -0.2) is 16.8 Å². The summed E-state index contributed by atoms with van der Waals surface area (Å²) in [6.07, 6.45) is 1.97. The second-order valence-corrected chi connectivity index (χ2v) is 9.52. The predicted octanol–water partition coefficient (Wildman–Crippen LogP) is 5.81. The van der Waals surface area contributed by atoms with Gasteiger partial charge in [0.25, 0.3) is 0 Å². The standard InChI is InChI=1S/C24H25N3O2S/c1-24(2,3)23(29)26-18-11-9-15(10-12-18)20-14-30-22(27-20)17-5-4-6-19(13-17)25-21(28)16-7-8-16/h4-6,9-14,16H,7-8H2,1-3H3,(H,25,28)(H,26,29). The van der Waals surface area contributed by atoms with E-state index in [9.17, 15) is 9.59 Å². The maximum atomic E-state index is 12.1. The van der Waals surface area contributed by atoms with E-state index in [0.717, 1.165) is 46.0 Å². The van der Waals surface area contributed by atoms with Crippen molar-refractivity contribution in [2.45, 2.75) is 33.6 Å². The molecule has 0 atom stereocenters. The first kappa shape index (κ1) is 20.3. The van der Waals surface area contributed by atoms with Crippen molar-refractivity contribution < 1.29 is 9.59 Å². The third-order valence-electron chi connectivity index (χ3n) is 4.95. The molecule has 6 heteroatoms. The molecule has 1 saturated carbocycles. The monoisotopic (exact) mass is 419 g/mol. The van der Waals surface area contributed by atoms with Gasteiger partial charge in [0.15, 0.2) is 0 Å². The highest BCUT2D eigenvalue weighted by molar-refractivity contribution is 7.13. The minimum Gasteiger partial charge on any atom is -0.326 e. The van der Waals surface area contributed by atoms with Crippen molar-refractivity contribution in [2.75, 3.05) is 10.6 Å². The molecular formula is C24H25N3O2S. The fourth-order valence-electron chi connectivity index (χ4n) is 2.90. The third-order valence-corrected chi connectivity index (χ3v) is 5.84. The Labute approximate surface area is 180 Å². The quantitative estimate of drug-likeness (QED) is 0.548. The Morgan fingerprint density at radius 1 is 0.967 bits per heavy atom. The molecular weight excluding hydrogens is 394 g/mol. The van der Waals surface area contributed by atoms with Gasteiger partial charge in [-0.25, -0.2) is 4.98 Å². The SMILES string of the molecule is CC(C)(C)C(=O)Nc1ccc(-c2csc(-c3cccc(NC(=O)C4CC4)c3)n2)cc1. The molecule has 0 radical (unpaired) electrons. The largest absolute Gasteiger partial charge is 0.326 e. The minimum atomic E-state index is -0.435. The van der Waals surface area contributed by atoms with Crippen molar-refractivity contribution in [1.29, 1.82) is 0 Å². The summed E-state index contributed by atoms with van der Waals surface area (Å²) in [5.74, 6) is 0.266. The van der Waals surface area contributed by atoms with Crippen molar-refractivity contribution >= 4 is 34.5 Å². The van der Waals surface area contributed by atoms with Gasteiger partial charge in [0.1, 0.15) is 5.01 Å². The van der Waals surface area contributed by atoms with Gasteiger partial charge in [-0.05, 0) is 37.1 Å². The van der Waals surface area contributed by atoms with Crippen molar-refractivity contribution in [3.05, 3.63) is 53.9 Å². The highest BCUT2D eigenvalue weighted by atomic mass is 32.1. The van der Waals surface area contributed by atoms with Crippen LogP contribution in [0.25, 0.3) is 21.8 Å². The maximum absolute atomic E-state index is 12.1. The molecule has 0 bridgehead atoms. The minimum absolute atomic E-state index is 0.0140. The molecule has 1 fully saturated rings. The molecule has 1 aromatic heterocycles. The Kier molecular flexibility index (Phi) is 5.43. The summed E-state index contributed by atoms with van der Waals surface area (Å²) >= 11 is 1.57. The van der Waals surface area contributed by atoms with E-state index in [2.05, 4.69) is 10.6 Å². The van der Waals surface area contributed by atoms with Gasteiger partial charge in [-0.1, -0.05) is 45.0 Å². The number of carbonyl (C=O) groups is 2. The number of nitrogens with zero attached hydrogens (tertiary/aromatic N) is 1. The first-order valence-corrected chi connectivity index (χ1v) is 11.0. The van der Waals surface area contributed by atoms with Crippen LogP contribution >= 0.6 is 11.3 Å². The fourth-order valence-corrected chi connectivity index (χ4v) is 3.73. The molecule has 5 nitrogen and oxygen atoms in total. The van der Waals surface area contributed by atoms with Crippen LogP contribution in [0, 0.1) is 11.3 Å². The van der Waals surface area contributed by atoms with Crippen LogP contribution in [0.3, 0.4) is 0 Å². The number of rotatable bonds is 5. The van der Waals surface area contributed by atoms with E-state index in [1.165, 1.54) is 0 Å². The van der Waals surface area contributed by atoms with Crippen LogP contribution in [0.5, 0.6) is 0 Å². The Morgan fingerprint density at radius 3 is 2.37 bits per heavy atom. The van der Waals surface area contributed by atoms with Crippen molar-refractivity contribution in [3.8, 4) is 21.8 Å². The Bertz CT molecular complexity index is 1080. The molecule has 0 aliphatic heterocycles. The Morgan fingerprint density at radius 2 is 1.70 bits per heavy atom. The molecule has 0 saturated heterocycles. The summed E-state index contributed by atoms with van der Waals surface area (Å²) < 4.78 is 0. The van der Waals surface area contributed by atoms with E-state index in [-0.39, 0.29) is 17.7 Å². The molecule has 1 aliphatic rings. The summed E-state index contributed by atoms with van der Waals surface area (Å²) in [4.78, 5) is 28.9. The van der Waals surface area contributed by atoms with Crippen LogP contribution in [0.2, 0.25) is 0 Å². The van der Waals surface area contributed by atoms with E-state index >= 15 is 0 Å². The molecule has 4 rings (SSSR count). The van der Waals surface area contributed by atoms with Gasteiger partial charge < -0.3 is 10.6 Å². The van der Waals surface area contributed by atoms with E-state index in [0.29, 0.717) is 0 Å². The number of carbonyl (C=O) groups excluding carboxylic acids is 2. The van der Waals surface area contributed by atoms with Gasteiger partial charge in [0.2, 0.25) is 11.8 Å². The van der Waals surface area contributed by atoms with Crippen molar-refractivity contribution in [2.24, 2.45) is 11.3 Å². The molecule has 0 spiro atoms. The van der Waals surface area contributed by atoms with E-state index < -0.39 is 5.41 Å². The topological polar surface area (TPSA) is 71.1 Å². The van der Waals surface area contributed by atoms with Crippen LogP contribution in [-0.2, 0) is 9.59 Å². The van der Waals surface area contributed by atoms with Crippen LogP contribution in [0.15, 0.2) is 53.9 Å². The van der Waals surface area contributed by atoms with Gasteiger partial charge in [-0.15, -0.1) is 11.3 Å². The lowest BCUT2D eigenvalue weighted by atomic mass is 9.95. The third kappa shape index (κ3) is 4.76. The van der Waals surface area contributed by atoms with Crippen LogP contribution < -0.4 is 10.6 Å². The van der Waals surface area contributed by atoms with Crippen molar-refractivity contribution in [3.63, 3.8) is 0 Å². The molecule has 2 aromatic carbocycles. The number of anilines is 2. The average Bonchev–Trinajstić information content (AvgIpc) is 3.45. The zero-order valence-electron chi connectivity index (χ0n) is 17.4. The molecule has 154 valence electrons. The number of thiazole rings is 1. The normalized spacial score (nSPS) is 13.7. The molecule has 2 amide bonds. The molecule has 1 aliphatic carbocycles. The Balaban J connectivity index is 1.47. The zero-order valence-corrected chi connectivity index (χ0v) is 18.2. The molecule has 2 N–H and O–H groups in total. The average molecular weight is 420 g/mol. The maximum Gasteiger partial charge on any atom is 0.229 e. The number of amides is 2. The summed E-state index contributed by atoms with van der Waals surface area (Å²) in [5.41, 5.74) is 4.00. The smallest absolute Gasteiger partial charge is 0.229 e. The van der Waals surface area contributed by atoms with Crippen LogP contribution in [0.4, 0.5) is 11.4 Å². The van der Waals surface area contributed by atoms with Gasteiger partial charge in [-0.2, -0.15) is 0 Å². The summed E-state index contributed by atoms with van der Waals surface area (Å²) in [6.45, 7) is 5.67. The number of hydrogen-bond donors (Lipinski definition) is 2. The van der Waals surface area contributed by atoms with E-state index in [1.54, 1.807) is 11.3 Å². The van der Waals surface area contributed by atoms with Gasteiger partial charge in [-0.3, -0.25) is 9.59 Å². The predicted molar refractivity (Wildman–Crippen MR) is 122 cm³/mol. The number of hydrogen-bond acceptors (Lipinski definition) is 4. The lowest BCUT2D eigenvalue weighted by molar-refractivity contribution is -0.123. The van der Waals surface area contributed by atoms with E-state index in [4.69, 9.17) is 4.98 Å². The van der Waals surface area contributed by atoms with E-state index in [1.807, 2.05) is 74.7 Å². The number of aromatic nitrogens is 1. The molecule has 30 heavy (non-hydrogen) atoms. The lowest BCUT2D eigenvalue weighted by Crippen LogP contribution is -2.27. The first-order chi connectivity index (χ1) is 14.3. The lowest BCUT2D eigenvalue weighted by Gasteiger charge is -2.17. The highest BCUT2D eigenvalue weighted by Crippen LogP contribution is 2.33. The number of nitrogens with one attached hydrogen (secondary N) is 2. The molecule has 3 aromatic rings. The van der Waals surface area contributed by atoms with Gasteiger partial charge in [0.05, 0.1) is 5.69 Å². The summed E-state index contributed by atoms with van der Waals surface area (Å²) in [5, 5.41) is 8.84. The summed E-state index contributed by atoms with van der Waals surface area (Å²) in [7, 11) is 0. The fraction of sp³-hybridized carbons (Fsp3) is 0.292. The van der Waals surface area contributed by atoms with Crippen molar-refractivity contribution in [1.82, 2.24) is 4.98 Å². The zero-order chi connectivity index (χ0) is 21.3. The first-order valence-electron chi connectivity index (χ1n) is 10.1. The van der Waals surface area contributed by atoms with Crippen LogP contribution in [0.1, 0.15) is 33.6 Å². The Hall–Kier alpha value is -2.99.